The number of hydrogen-bond acceptors (Lipinski definition) is 2. The lowest BCUT2D eigenvalue weighted by atomic mass is 10.3. The lowest BCUT2D eigenvalue weighted by Crippen LogP contribution is -2.68. The third-order valence-corrected chi connectivity index (χ3v) is 10.8. The molecule has 0 saturated carbocycles. The zero-order chi connectivity index (χ0) is 9.83. The molecule has 0 spiro atoms. The van der Waals surface area contributed by atoms with Crippen LogP contribution in [0, 0.1) is 0 Å². The van der Waals surface area contributed by atoms with Crippen LogP contribution in [0.1, 0.15) is 20.3 Å². The van der Waals surface area contributed by atoms with Gasteiger partial charge in [0.15, 0.2) is 8.24 Å². The van der Waals surface area contributed by atoms with Crippen molar-refractivity contribution in [2.24, 2.45) is 5.73 Å². The molecule has 0 saturated heterocycles. The van der Waals surface area contributed by atoms with Gasteiger partial charge in [0.2, 0.25) is 0 Å². The van der Waals surface area contributed by atoms with Gasteiger partial charge >= 0.3 is 0 Å². The summed E-state index contributed by atoms with van der Waals surface area (Å²) in [5.41, 5.74) is 8.32. The maximum Gasteiger partial charge on any atom is 0.159 e. The Labute approximate surface area is 79.6 Å². The molecule has 4 heteroatoms. The lowest BCUT2D eigenvalue weighted by molar-refractivity contribution is 0.600. The number of hydrogen-bond donors (Lipinski definition) is 2. The van der Waals surface area contributed by atoms with Crippen LogP contribution in [-0.2, 0) is 0 Å². The molecule has 3 N–H and O–H groups in total. The standard InChI is InChI=1S/C8H22N2Si2/c1-6-8(3,9)12(5,7-2)10-11-4/h7,10H,2,6,9,11H2,1,3-5H3. The summed E-state index contributed by atoms with van der Waals surface area (Å²) in [6.07, 6.45) is 1.02. The van der Waals surface area contributed by atoms with Crippen LogP contribution >= 0.6 is 0 Å². The molecule has 2 atom stereocenters. The fraction of sp³-hybridized carbons (Fsp3) is 0.750. The molecule has 0 aromatic rings. The van der Waals surface area contributed by atoms with Gasteiger partial charge in [-0.05, 0) is 13.3 Å². The van der Waals surface area contributed by atoms with Crippen LogP contribution in [0.15, 0.2) is 12.3 Å². The monoisotopic (exact) mass is 202 g/mol. The van der Waals surface area contributed by atoms with E-state index in [1.54, 1.807) is 0 Å². The van der Waals surface area contributed by atoms with Crippen molar-refractivity contribution in [1.29, 1.82) is 0 Å². The second kappa shape index (κ2) is 4.36. The first-order valence-electron chi connectivity index (χ1n) is 4.61. The van der Waals surface area contributed by atoms with Gasteiger partial charge in [-0.3, -0.25) is 0 Å². The van der Waals surface area contributed by atoms with Gasteiger partial charge in [0, 0.05) is 5.16 Å². The van der Waals surface area contributed by atoms with E-state index in [0.29, 0.717) is 0 Å². The Kier molecular flexibility index (Phi) is 4.40. The van der Waals surface area contributed by atoms with Crippen LogP contribution < -0.4 is 10.4 Å². The van der Waals surface area contributed by atoms with Crippen molar-refractivity contribution in [2.75, 3.05) is 0 Å². The van der Waals surface area contributed by atoms with E-state index < -0.39 is 8.24 Å². The maximum absolute atomic E-state index is 6.24. The normalized spacial score (nSPS) is 22.1. The minimum atomic E-state index is -1.60. The molecule has 0 radical (unpaired) electrons. The Morgan fingerprint density at radius 3 is 2.50 bits per heavy atom. The predicted molar refractivity (Wildman–Crippen MR) is 62.2 cm³/mol. The van der Waals surface area contributed by atoms with Crippen molar-refractivity contribution in [3.05, 3.63) is 12.3 Å². The highest BCUT2D eigenvalue weighted by Gasteiger charge is 2.39. The van der Waals surface area contributed by atoms with Gasteiger partial charge in [-0.15, -0.1) is 6.58 Å². The molecule has 0 aromatic carbocycles. The average Bonchev–Trinajstić information content (AvgIpc) is 2.04. The lowest BCUT2D eigenvalue weighted by Gasteiger charge is -2.40. The summed E-state index contributed by atoms with van der Waals surface area (Å²) < 4.78 is 3.63. The van der Waals surface area contributed by atoms with E-state index in [1.807, 2.05) is 0 Å². The Hall–Kier alpha value is 0.0938. The molecular formula is C8H22N2Si2. The molecule has 12 heavy (non-hydrogen) atoms. The Balaban J connectivity index is 4.60. The molecule has 0 aliphatic carbocycles. The van der Waals surface area contributed by atoms with E-state index in [2.05, 4.69) is 43.9 Å². The second-order valence-corrected chi connectivity index (χ2v) is 9.78. The van der Waals surface area contributed by atoms with Gasteiger partial charge in [0.25, 0.3) is 0 Å². The van der Waals surface area contributed by atoms with E-state index in [9.17, 15) is 0 Å². The minimum absolute atomic E-state index is 0.0578. The summed E-state index contributed by atoms with van der Waals surface area (Å²) in [6.45, 7) is 12.7. The molecule has 0 heterocycles. The van der Waals surface area contributed by atoms with Gasteiger partial charge in [0.05, 0.1) is 9.68 Å². The van der Waals surface area contributed by atoms with E-state index in [-0.39, 0.29) is 14.8 Å². The van der Waals surface area contributed by atoms with Crippen LogP contribution in [-0.4, -0.2) is 23.1 Å². The molecule has 0 aromatic heterocycles. The summed E-state index contributed by atoms with van der Waals surface area (Å²) in [5, 5.41) is -0.0578. The van der Waals surface area contributed by atoms with Crippen LogP contribution in [0.4, 0.5) is 0 Å². The molecule has 0 bridgehead atoms. The van der Waals surface area contributed by atoms with Crippen molar-refractivity contribution in [2.45, 2.75) is 38.5 Å². The fourth-order valence-electron chi connectivity index (χ4n) is 1.24. The summed E-state index contributed by atoms with van der Waals surface area (Å²) in [4.78, 5) is 0. The molecule has 0 aliphatic rings. The molecule has 72 valence electrons. The SMILES string of the molecule is C=C[Si](C)(N[SiH2]C)C(C)(N)CC. The van der Waals surface area contributed by atoms with E-state index in [0.717, 1.165) is 6.42 Å². The molecule has 0 rings (SSSR count). The summed E-state index contributed by atoms with van der Waals surface area (Å²) >= 11 is 0. The molecule has 2 unspecified atom stereocenters. The largest absolute Gasteiger partial charge is 0.360 e. The first-order chi connectivity index (χ1) is 5.43. The first-order valence-corrected chi connectivity index (χ1v) is 9.31. The minimum Gasteiger partial charge on any atom is -0.360 e. The summed E-state index contributed by atoms with van der Waals surface area (Å²) in [6, 6.07) is 0. The third-order valence-electron chi connectivity index (χ3n) is 2.87. The van der Waals surface area contributed by atoms with Crippen molar-refractivity contribution < 1.29 is 0 Å². The van der Waals surface area contributed by atoms with Gasteiger partial charge in [-0.1, -0.05) is 25.7 Å². The van der Waals surface area contributed by atoms with Crippen molar-refractivity contribution in [3.8, 4) is 0 Å². The van der Waals surface area contributed by atoms with Crippen molar-refractivity contribution >= 4 is 17.9 Å². The Morgan fingerprint density at radius 1 is 1.75 bits per heavy atom. The number of nitrogens with one attached hydrogen (secondary N) is 1. The van der Waals surface area contributed by atoms with E-state index >= 15 is 0 Å². The van der Waals surface area contributed by atoms with Crippen LogP contribution in [0.25, 0.3) is 0 Å². The fourth-order valence-corrected chi connectivity index (χ4v) is 7.57. The molecule has 0 amide bonds. The van der Waals surface area contributed by atoms with Crippen molar-refractivity contribution in [1.82, 2.24) is 4.65 Å². The second-order valence-electron chi connectivity index (χ2n) is 3.71. The average molecular weight is 202 g/mol. The molecule has 0 fully saturated rings. The van der Waals surface area contributed by atoms with Crippen LogP contribution in [0.2, 0.25) is 13.1 Å². The van der Waals surface area contributed by atoms with Crippen LogP contribution in [0.5, 0.6) is 0 Å². The molecule has 0 aliphatic heterocycles. The van der Waals surface area contributed by atoms with E-state index in [4.69, 9.17) is 5.73 Å². The zero-order valence-electron chi connectivity index (χ0n) is 8.78. The highest BCUT2D eigenvalue weighted by molar-refractivity contribution is 6.88. The smallest absolute Gasteiger partial charge is 0.159 e. The quantitative estimate of drug-likeness (QED) is 0.643. The third kappa shape index (κ3) is 2.29. The summed E-state index contributed by atoms with van der Waals surface area (Å²) in [7, 11) is -1.73. The highest BCUT2D eigenvalue weighted by Crippen LogP contribution is 2.18. The molecule has 2 nitrogen and oxygen atoms in total. The van der Waals surface area contributed by atoms with E-state index in [1.165, 1.54) is 0 Å². The number of nitrogens with two attached hydrogens (primary N) is 1. The molecular weight excluding hydrogens is 180 g/mol. The Morgan fingerprint density at radius 2 is 2.25 bits per heavy atom. The number of rotatable bonds is 5. The van der Waals surface area contributed by atoms with Gasteiger partial charge in [-0.25, -0.2) is 0 Å². The van der Waals surface area contributed by atoms with Gasteiger partial charge < -0.3 is 10.4 Å². The topological polar surface area (TPSA) is 38.0 Å². The zero-order valence-corrected chi connectivity index (χ0v) is 11.2. The maximum atomic E-state index is 6.24. The predicted octanol–water partition coefficient (Wildman–Crippen LogP) is 0.675. The van der Waals surface area contributed by atoms with Crippen LogP contribution in [0.3, 0.4) is 0 Å². The van der Waals surface area contributed by atoms with Gasteiger partial charge in [0.1, 0.15) is 0 Å². The highest BCUT2D eigenvalue weighted by atomic mass is 28.4. The Bertz CT molecular complexity index is 159. The summed E-state index contributed by atoms with van der Waals surface area (Å²) in [5.74, 6) is 0. The van der Waals surface area contributed by atoms with Crippen molar-refractivity contribution in [3.63, 3.8) is 0 Å². The van der Waals surface area contributed by atoms with Gasteiger partial charge in [-0.2, -0.15) is 0 Å². The first kappa shape index (κ1) is 12.1.